The molecular weight excluding hydrogens is 338 g/mol. The third kappa shape index (κ3) is 4.03. The molecule has 27 heavy (non-hydrogen) atoms. The van der Waals surface area contributed by atoms with Crippen molar-refractivity contribution >= 4 is 5.91 Å². The molecule has 0 spiro atoms. The van der Waals surface area contributed by atoms with E-state index in [1.54, 1.807) is 12.0 Å². The third-order valence-electron chi connectivity index (χ3n) is 4.85. The number of likely N-dealkylation sites (N-methyl/N-ethyl adjacent to an activating group) is 1. The summed E-state index contributed by atoms with van der Waals surface area (Å²) >= 11 is 0. The number of hydrogen-bond acceptors (Lipinski definition) is 3. The van der Waals surface area contributed by atoms with E-state index in [0.717, 1.165) is 34.7 Å². The first kappa shape index (κ1) is 18.7. The van der Waals surface area contributed by atoms with Crippen LogP contribution in [-0.2, 0) is 6.42 Å². The maximum atomic E-state index is 12.9. The molecule has 0 bridgehead atoms. The number of nitrogens with one attached hydrogen (secondary N) is 1. The lowest BCUT2D eigenvalue weighted by Crippen LogP contribution is -2.29. The summed E-state index contributed by atoms with van der Waals surface area (Å²) < 4.78 is 5.45. The van der Waals surface area contributed by atoms with Crippen molar-refractivity contribution in [3.05, 3.63) is 71.0 Å². The zero-order chi connectivity index (χ0) is 19.4. The number of carbonyl (C=O) groups excluding carboxylic acids is 1. The van der Waals surface area contributed by atoms with Gasteiger partial charge in [0.05, 0.1) is 12.8 Å². The SMILES string of the molecule is COc1ccccc1-c1cccc(C(=O)N(C)CCc2c(C)n[nH]c2C)c1. The van der Waals surface area contributed by atoms with Gasteiger partial charge in [-0.25, -0.2) is 0 Å². The molecule has 5 heteroatoms. The van der Waals surface area contributed by atoms with E-state index in [4.69, 9.17) is 4.74 Å². The molecular formula is C22H25N3O2. The van der Waals surface area contributed by atoms with Gasteiger partial charge in [0.2, 0.25) is 0 Å². The van der Waals surface area contributed by atoms with Gasteiger partial charge in [0.15, 0.2) is 0 Å². The van der Waals surface area contributed by atoms with Gasteiger partial charge in [-0.3, -0.25) is 9.89 Å². The van der Waals surface area contributed by atoms with Crippen LogP contribution in [0.25, 0.3) is 11.1 Å². The zero-order valence-electron chi connectivity index (χ0n) is 16.2. The van der Waals surface area contributed by atoms with E-state index in [9.17, 15) is 4.79 Å². The minimum Gasteiger partial charge on any atom is -0.496 e. The number of amides is 1. The molecule has 0 aliphatic heterocycles. The van der Waals surface area contributed by atoms with Crippen molar-refractivity contribution in [3.63, 3.8) is 0 Å². The molecule has 0 fully saturated rings. The standard InChI is InChI=1S/C22H25N3O2/c1-15-19(16(2)24-23-15)12-13-25(3)22(26)18-9-7-8-17(14-18)20-10-5-6-11-21(20)27-4/h5-11,14H,12-13H2,1-4H3,(H,23,24). The molecule has 0 aliphatic carbocycles. The summed E-state index contributed by atoms with van der Waals surface area (Å²) in [6, 6.07) is 15.5. The summed E-state index contributed by atoms with van der Waals surface area (Å²) in [4.78, 5) is 14.6. The number of benzene rings is 2. The first-order valence-corrected chi connectivity index (χ1v) is 9.00. The average molecular weight is 363 g/mol. The molecule has 2 aromatic carbocycles. The summed E-state index contributed by atoms with van der Waals surface area (Å²) in [7, 11) is 3.49. The topological polar surface area (TPSA) is 58.2 Å². The molecule has 3 rings (SSSR count). The largest absolute Gasteiger partial charge is 0.496 e. The fourth-order valence-electron chi connectivity index (χ4n) is 3.25. The molecule has 5 nitrogen and oxygen atoms in total. The molecule has 0 radical (unpaired) electrons. The highest BCUT2D eigenvalue weighted by Crippen LogP contribution is 2.30. The number of methoxy groups -OCH3 is 1. The van der Waals surface area contributed by atoms with Crippen molar-refractivity contribution in [2.75, 3.05) is 20.7 Å². The molecule has 1 N–H and O–H groups in total. The van der Waals surface area contributed by atoms with Gasteiger partial charge < -0.3 is 9.64 Å². The lowest BCUT2D eigenvalue weighted by atomic mass is 10.0. The van der Waals surface area contributed by atoms with Crippen molar-refractivity contribution in [2.24, 2.45) is 0 Å². The number of para-hydroxylation sites is 1. The molecule has 0 saturated heterocycles. The zero-order valence-corrected chi connectivity index (χ0v) is 16.2. The van der Waals surface area contributed by atoms with E-state index < -0.39 is 0 Å². The Morgan fingerprint density at radius 3 is 2.63 bits per heavy atom. The Hall–Kier alpha value is -3.08. The van der Waals surface area contributed by atoms with E-state index >= 15 is 0 Å². The highest BCUT2D eigenvalue weighted by molar-refractivity contribution is 5.95. The summed E-state index contributed by atoms with van der Waals surface area (Å²) in [5, 5.41) is 7.21. The van der Waals surface area contributed by atoms with E-state index in [0.29, 0.717) is 12.1 Å². The summed E-state index contributed by atoms with van der Waals surface area (Å²) in [5.41, 5.74) is 5.84. The number of H-pyrrole nitrogens is 1. The van der Waals surface area contributed by atoms with E-state index in [2.05, 4.69) is 10.2 Å². The first-order valence-electron chi connectivity index (χ1n) is 9.00. The summed E-state index contributed by atoms with van der Waals surface area (Å²) in [5.74, 6) is 0.798. The van der Waals surface area contributed by atoms with Crippen LogP contribution in [-0.4, -0.2) is 41.7 Å². The molecule has 0 saturated carbocycles. The molecule has 3 aromatic rings. The predicted molar refractivity (Wildman–Crippen MR) is 107 cm³/mol. The van der Waals surface area contributed by atoms with Crippen LogP contribution < -0.4 is 4.74 Å². The molecule has 1 amide bonds. The van der Waals surface area contributed by atoms with Crippen LogP contribution >= 0.6 is 0 Å². The van der Waals surface area contributed by atoms with Crippen LogP contribution in [0.2, 0.25) is 0 Å². The van der Waals surface area contributed by atoms with Crippen LogP contribution in [0.3, 0.4) is 0 Å². The van der Waals surface area contributed by atoms with E-state index in [1.807, 2.05) is 69.4 Å². The highest BCUT2D eigenvalue weighted by atomic mass is 16.5. The molecule has 140 valence electrons. The lowest BCUT2D eigenvalue weighted by Gasteiger charge is -2.18. The Labute approximate surface area is 160 Å². The number of hydrogen-bond donors (Lipinski definition) is 1. The fraction of sp³-hybridized carbons (Fsp3) is 0.273. The Bertz CT molecular complexity index is 927. The Kier molecular flexibility index (Phi) is 5.60. The van der Waals surface area contributed by atoms with Crippen LogP contribution in [0.15, 0.2) is 48.5 Å². The molecule has 0 aliphatic rings. The van der Waals surface area contributed by atoms with Crippen molar-refractivity contribution in [3.8, 4) is 16.9 Å². The number of aromatic nitrogens is 2. The maximum absolute atomic E-state index is 12.9. The van der Waals surface area contributed by atoms with Crippen molar-refractivity contribution < 1.29 is 9.53 Å². The Morgan fingerprint density at radius 2 is 1.93 bits per heavy atom. The van der Waals surface area contributed by atoms with E-state index in [1.165, 1.54) is 5.56 Å². The van der Waals surface area contributed by atoms with Gasteiger partial charge in [0, 0.05) is 30.4 Å². The number of aromatic amines is 1. The molecule has 1 aromatic heterocycles. The Balaban J connectivity index is 1.77. The number of rotatable bonds is 6. The lowest BCUT2D eigenvalue weighted by molar-refractivity contribution is 0.0796. The second-order valence-corrected chi connectivity index (χ2v) is 6.67. The summed E-state index contributed by atoms with van der Waals surface area (Å²) in [6.45, 7) is 4.63. The number of ether oxygens (including phenoxy) is 1. The van der Waals surface area contributed by atoms with Crippen molar-refractivity contribution in [1.29, 1.82) is 0 Å². The number of carbonyl (C=O) groups is 1. The normalized spacial score (nSPS) is 10.7. The second-order valence-electron chi connectivity index (χ2n) is 6.67. The molecule has 1 heterocycles. The number of nitrogens with zero attached hydrogens (tertiary/aromatic N) is 2. The molecule has 0 unspecified atom stereocenters. The second kappa shape index (κ2) is 8.08. The van der Waals surface area contributed by atoms with Crippen molar-refractivity contribution in [1.82, 2.24) is 15.1 Å². The van der Waals surface area contributed by atoms with Crippen LogP contribution in [0.5, 0.6) is 5.75 Å². The van der Waals surface area contributed by atoms with Crippen LogP contribution in [0.4, 0.5) is 0 Å². The smallest absolute Gasteiger partial charge is 0.253 e. The summed E-state index contributed by atoms with van der Waals surface area (Å²) in [6.07, 6.45) is 0.780. The van der Waals surface area contributed by atoms with Gasteiger partial charge in [0.25, 0.3) is 5.91 Å². The van der Waals surface area contributed by atoms with E-state index in [-0.39, 0.29) is 5.91 Å². The monoisotopic (exact) mass is 363 g/mol. The van der Waals surface area contributed by atoms with Gasteiger partial charge in [-0.15, -0.1) is 0 Å². The maximum Gasteiger partial charge on any atom is 0.253 e. The van der Waals surface area contributed by atoms with Crippen molar-refractivity contribution in [2.45, 2.75) is 20.3 Å². The quantitative estimate of drug-likeness (QED) is 0.720. The average Bonchev–Trinajstić information content (AvgIpc) is 3.03. The minimum atomic E-state index is 0.00514. The van der Waals surface area contributed by atoms with Crippen LogP contribution in [0, 0.1) is 13.8 Å². The minimum absolute atomic E-state index is 0.00514. The van der Waals surface area contributed by atoms with Gasteiger partial charge in [-0.1, -0.05) is 30.3 Å². The first-order chi connectivity index (χ1) is 13.0. The Morgan fingerprint density at radius 1 is 1.15 bits per heavy atom. The molecule has 0 atom stereocenters. The fourth-order valence-corrected chi connectivity index (χ4v) is 3.25. The van der Waals surface area contributed by atoms with Gasteiger partial charge in [-0.05, 0) is 49.6 Å². The van der Waals surface area contributed by atoms with Crippen LogP contribution in [0.1, 0.15) is 27.3 Å². The van der Waals surface area contributed by atoms with Gasteiger partial charge in [-0.2, -0.15) is 5.10 Å². The van der Waals surface area contributed by atoms with Gasteiger partial charge in [0.1, 0.15) is 5.75 Å². The predicted octanol–water partition coefficient (Wildman–Crippen LogP) is 4.02. The third-order valence-corrected chi connectivity index (χ3v) is 4.85. The van der Waals surface area contributed by atoms with Gasteiger partial charge >= 0.3 is 0 Å². The number of aryl methyl sites for hydroxylation is 2. The highest BCUT2D eigenvalue weighted by Gasteiger charge is 2.15.